The number of fused-ring (bicyclic) bond motifs is 3. The van der Waals surface area contributed by atoms with Gasteiger partial charge in [0, 0.05) is 5.56 Å². The number of rotatable bonds is 2. The van der Waals surface area contributed by atoms with Crippen LogP contribution >= 0.6 is 15.9 Å². The Hall–Kier alpha value is -1.16. The molecular weight excluding hydrogens is 316 g/mol. The number of halogens is 1. The second-order valence-electron chi connectivity index (χ2n) is 5.29. The highest BCUT2D eigenvalue weighted by Crippen LogP contribution is 2.40. The zero-order chi connectivity index (χ0) is 13.6. The third-order valence-electron chi connectivity index (χ3n) is 4.16. The first-order chi connectivity index (χ1) is 9.82. The molecule has 0 radical (unpaired) electrons. The van der Waals surface area contributed by atoms with E-state index in [0.29, 0.717) is 18.5 Å². The average Bonchev–Trinajstić information content (AvgIpc) is 3.11. The van der Waals surface area contributed by atoms with Crippen LogP contribution in [-0.2, 0) is 21.7 Å². The SMILES string of the molecule is BrCC1(c2ccc3c(c2)Cc2ccccc2-3)OCCO1. The summed E-state index contributed by atoms with van der Waals surface area (Å²) in [5, 5.41) is 0.658. The summed E-state index contributed by atoms with van der Waals surface area (Å²) >= 11 is 3.53. The molecule has 2 aromatic rings. The van der Waals surface area contributed by atoms with Gasteiger partial charge in [-0.05, 0) is 34.7 Å². The van der Waals surface area contributed by atoms with Crippen LogP contribution in [0.15, 0.2) is 42.5 Å². The largest absolute Gasteiger partial charge is 0.343 e. The van der Waals surface area contributed by atoms with Gasteiger partial charge in [0.05, 0.1) is 18.5 Å². The van der Waals surface area contributed by atoms with Crippen molar-refractivity contribution in [3.63, 3.8) is 0 Å². The van der Waals surface area contributed by atoms with Gasteiger partial charge in [-0.1, -0.05) is 52.3 Å². The highest BCUT2D eigenvalue weighted by molar-refractivity contribution is 9.09. The fourth-order valence-electron chi connectivity index (χ4n) is 3.16. The summed E-state index contributed by atoms with van der Waals surface area (Å²) in [6, 6.07) is 15.2. The lowest BCUT2D eigenvalue weighted by Crippen LogP contribution is -2.29. The molecule has 20 heavy (non-hydrogen) atoms. The molecule has 1 saturated heterocycles. The summed E-state index contributed by atoms with van der Waals surface area (Å²) in [6.45, 7) is 1.31. The highest BCUT2D eigenvalue weighted by Gasteiger charge is 2.38. The van der Waals surface area contributed by atoms with Crippen molar-refractivity contribution in [2.45, 2.75) is 12.2 Å². The van der Waals surface area contributed by atoms with Crippen LogP contribution < -0.4 is 0 Å². The van der Waals surface area contributed by atoms with E-state index in [9.17, 15) is 0 Å². The standard InChI is InChI=1S/C17H15BrO2/c18-11-17(19-7-8-20-17)14-5-6-16-13(10-14)9-12-3-1-2-4-15(12)16/h1-6,10H,7-9,11H2. The van der Waals surface area contributed by atoms with Gasteiger partial charge in [0.15, 0.2) is 0 Å². The summed E-state index contributed by atoms with van der Waals surface area (Å²) in [5.41, 5.74) is 6.57. The maximum absolute atomic E-state index is 5.84. The van der Waals surface area contributed by atoms with Gasteiger partial charge in [-0.2, -0.15) is 0 Å². The van der Waals surface area contributed by atoms with Gasteiger partial charge in [-0.25, -0.2) is 0 Å². The van der Waals surface area contributed by atoms with Crippen LogP contribution in [0.3, 0.4) is 0 Å². The minimum Gasteiger partial charge on any atom is -0.343 e. The summed E-state index contributed by atoms with van der Waals surface area (Å²) < 4.78 is 11.7. The van der Waals surface area contributed by atoms with E-state index < -0.39 is 5.79 Å². The molecule has 1 fully saturated rings. The molecule has 0 unspecified atom stereocenters. The first-order valence-electron chi connectivity index (χ1n) is 6.88. The number of benzene rings is 2. The second kappa shape index (κ2) is 4.69. The van der Waals surface area contributed by atoms with Crippen molar-refractivity contribution in [1.29, 1.82) is 0 Å². The lowest BCUT2D eigenvalue weighted by atomic mass is 9.99. The Labute approximate surface area is 126 Å². The fourth-order valence-corrected chi connectivity index (χ4v) is 3.81. The predicted molar refractivity (Wildman–Crippen MR) is 82.1 cm³/mol. The average molecular weight is 331 g/mol. The van der Waals surface area contributed by atoms with Gasteiger partial charge in [0.25, 0.3) is 0 Å². The number of ether oxygens (including phenoxy) is 2. The van der Waals surface area contributed by atoms with Gasteiger partial charge < -0.3 is 9.47 Å². The Kier molecular flexibility index (Phi) is 2.95. The molecule has 0 atom stereocenters. The smallest absolute Gasteiger partial charge is 0.204 e. The molecule has 2 aromatic carbocycles. The molecule has 0 bridgehead atoms. The van der Waals surface area contributed by atoms with E-state index in [1.165, 1.54) is 22.3 Å². The van der Waals surface area contributed by atoms with E-state index in [1.54, 1.807) is 0 Å². The summed E-state index contributed by atoms with van der Waals surface area (Å²) in [4.78, 5) is 0. The van der Waals surface area contributed by atoms with Crippen molar-refractivity contribution in [2.75, 3.05) is 18.5 Å². The van der Waals surface area contributed by atoms with Crippen molar-refractivity contribution in [3.8, 4) is 11.1 Å². The lowest BCUT2D eigenvalue weighted by molar-refractivity contribution is -0.144. The summed E-state index contributed by atoms with van der Waals surface area (Å²) in [6.07, 6.45) is 0.998. The highest BCUT2D eigenvalue weighted by atomic mass is 79.9. The molecule has 0 aromatic heterocycles. The van der Waals surface area contributed by atoms with E-state index in [4.69, 9.17) is 9.47 Å². The molecular formula is C17H15BrO2. The third kappa shape index (κ3) is 1.77. The van der Waals surface area contributed by atoms with Crippen molar-refractivity contribution in [1.82, 2.24) is 0 Å². The molecule has 0 amide bonds. The van der Waals surface area contributed by atoms with Gasteiger partial charge in [-0.15, -0.1) is 0 Å². The molecule has 102 valence electrons. The molecule has 1 aliphatic heterocycles. The van der Waals surface area contributed by atoms with Crippen LogP contribution in [0, 0.1) is 0 Å². The zero-order valence-corrected chi connectivity index (χ0v) is 12.7. The molecule has 0 N–H and O–H groups in total. The first-order valence-corrected chi connectivity index (χ1v) is 8.00. The van der Waals surface area contributed by atoms with E-state index in [2.05, 4.69) is 58.4 Å². The quantitative estimate of drug-likeness (QED) is 0.664. The van der Waals surface area contributed by atoms with E-state index in [-0.39, 0.29) is 0 Å². The molecule has 4 rings (SSSR count). The van der Waals surface area contributed by atoms with Crippen LogP contribution in [0.2, 0.25) is 0 Å². The van der Waals surface area contributed by atoms with Gasteiger partial charge in [0.2, 0.25) is 5.79 Å². The number of hydrogen-bond acceptors (Lipinski definition) is 2. The van der Waals surface area contributed by atoms with Gasteiger partial charge in [0.1, 0.15) is 0 Å². The minimum atomic E-state index is -0.607. The molecule has 0 saturated carbocycles. The molecule has 1 heterocycles. The van der Waals surface area contributed by atoms with E-state index in [1.807, 2.05) is 0 Å². The Balaban J connectivity index is 1.79. The molecule has 3 heteroatoms. The normalized spacial score (nSPS) is 18.9. The van der Waals surface area contributed by atoms with Crippen molar-refractivity contribution in [2.24, 2.45) is 0 Å². The Bertz CT molecular complexity index is 660. The second-order valence-corrected chi connectivity index (χ2v) is 5.85. The van der Waals surface area contributed by atoms with Gasteiger partial charge in [-0.3, -0.25) is 0 Å². The maximum atomic E-state index is 5.84. The first kappa shape index (κ1) is 12.6. The van der Waals surface area contributed by atoms with Crippen molar-refractivity contribution < 1.29 is 9.47 Å². The predicted octanol–water partition coefficient (Wildman–Crippen LogP) is 3.85. The Morgan fingerprint density at radius 3 is 2.50 bits per heavy atom. The van der Waals surface area contributed by atoms with Crippen molar-refractivity contribution >= 4 is 15.9 Å². The maximum Gasteiger partial charge on any atom is 0.204 e. The van der Waals surface area contributed by atoms with E-state index >= 15 is 0 Å². The Morgan fingerprint density at radius 2 is 1.70 bits per heavy atom. The van der Waals surface area contributed by atoms with Crippen LogP contribution in [-0.4, -0.2) is 18.5 Å². The van der Waals surface area contributed by atoms with E-state index in [0.717, 1.165) is 12.0 Å². The van der Waals surface area contributed by atoms with Crippen LogP contribution in [0.5, 0.6) is 0 Å². The summed E-state index contributed by atoms with van der Waals surface area (Å²) in [5.74, 6) is -0.607. The topological polar surface area (TPSA) is 18.5 Å². The molecule has 1 aliphatic carbocycles. The number of hydrogen-bond donors (Lipinski definition) is 0. The van der Waals surface area contributed by atoms with Crippen molar-refractivity contribution in [3.05, 3.63) is 59.2 Å². The third-order valence-corrected chi connectivity index (χ3v) is 4.90. The van der Waals surface area contributed by atoms with Crippen LogP contribution in [0.4, 0.5) is 0 Å². The minimum absolute atomic E-state index is 0.607. The number of alkyl halides is 1. The molecule has 2 aliphatic rings. The van der Waals surface area contributed by atoms with Crippen LogP contribution in [0.25, 0.3) is 11.1 Å². The van der Waals surface area contributed by atoms with Gasteiger partial charge >= 0.3 is 0 Å². The fraction of sp³-hybridized carbons (Fsp3) is 0.294. The molecule has 0 spiro atoms. The summed E-state index contributed by atoms with van der Waals surface area (Å²) in [7, 11) is 0. The van der Waals surface area contributed by atoms with Crippen LogP contribution in [0.1, 0.15) is 16.7 Å². The lowest BCUT2D eigenvalue weighted by Gasteiger charge is -2.26. The Morgan fingerprint density at radius 1 is 0.950 bits per heavy atom. The molecule has 2 nitrogen and oxygen atoms in total. The zero-order valence-electron chi connectivity index (χ0n) is 11.1. The monoisotopic (exact) mass is 330 g/mol.